The Kier molecular flexibility index (Phi) is 5.18. The summed E-state index contributed by atoms with van der Waals surface area (Å²) in [6.45, 7) is 4.69. The highest BCUT2D eigenvalue weighted by atomic mass is 32.2. The Morgan fingerprint density at radius 3 is 2.61 bits per heavy atom. The fourth-order valence-corrected chi connectivity index (χ4v) is 3.63. The molecule has 23 heavy (non-hydrogen) atoms. The summed E-state index contributed by atoms with van der Waals surface area (Å²) < 4.78 is 0. The van der Waals surface area contributed by atoms with Crippen molar-refractivity contribution in [2.45, 2.75) is 17.9 Å². The number of hydrogen-bond donors (Lipinski definition) is 0. The van der Waals surface area contributed by atoms with Crippen molar-refractivity contribution >= 4 is 23.4 Å². The smallest absolute Gasteiger partial charge is 0.233 e. The standard InChI is InChI=1S/C18H21N3OS/c1-15-13-20(16-5-3-2-4-6-16)11-12-21(15)18(22)14-23-17-7-9-19-10-8-17/h2-10,15H,11-14H2,1H3/t15-/m0/s1. The van der Waals surface area contributed by atoms with Gasteiger partial charge in [-0.2, -0.15) is 0 Å². The zero-order chi connectivity index (χ0) is 16.1. The Balaban J connectivity index is 1.54. The lowest BCUT2D eigenvalue weighted by Crippen LogP contribution is -2.54. The number of amides is 1. The van der Waals surface area contributed by atoms with Crippen LogP contribution in [0.3, 0.4) is 0 Å². The molecule has 0 N–H and O–H groups in total. The maximum absolute atomic E-state index is 12.5. The SMILES string of the molecule is C[C@H]1CN(c2ccccc2)CCN1C(=O)CSc1ccncc1. The van der Waals surface area contributed by atoms with Crippen LogP contribution in [0.5, 0.6) is 0 Å². The second kappa shape index (κ2) is 7.51. The molecule has 2 heterocycles. The van der Waals surface area contributed by atoms with E-state index in [9.17, 15) is 4.79 Å². The topological polar surface area (TPSA) is 36.4 Å². The van der Waals surface area contributed by atoms with Crippen LogP contribution < -0.4 is 4.90 Å². The molecule has 0 bridgehead atoms. The first-order valence-corrected chi connectivity index (χ1v) is 8.85. The van der Waals surface area contributed by atoms with E-state index in [0.29, 0.717) is 5.75 Å². The van der Waals surface area contributed by atoms with Gasteiger partial charge in [-0.05, 0) is 31.2 Å². The van der Waals surface area contributed by atoms with Crippen molar-refractivity contribution in [2.75, 3.05) is 30.3 Å². The monoisotopic (exact) mass is 327 g/mol. The number of thioether (sulfide) groups is 1. The van der Waals surface area contributed by atoms with E-state index in [0.717, 1.165) is 24.5 Å². The number of hydrogen-bond acceptors (Lipinski definition) is 4. The van der Waals surface area contributed by atoms with Crippen LogP contribution in [0.1, 0.15) is 6.92 Å². The van der Waals surface area contributed by atoms with Crippen molar-refractivity contribution in [3.05, 3.63) is 54.9 Å². The molecule has 120 valence electrons. The van der Waals surface area contributed by atoms with Crippen molar-refractivity contribution in [3.63, 3.8) is 0 Å². The van der Waals surface area contributed by atoms with Crippen LogP contribution in [0.2, 0.25) is 0 Å². The second-order valence-corrected chi connectivity index (χ2v) is 6.74. The van der Waals surface area contributed by atoms with Gasteiger partial charge < -0.3 is 9.80 Å². The molecule has 0 radical (unpaired) electrons. The number of rotatable bonds is 4. The molecule has 0 spiro atoms. The number of carbonyl (C=O) groups is 1. The van der Waals surface area contributed by atoms with E-state index < -0.39 is 0 Å². The lowest BCUT2D eigenvalue weighted by molar-refractivity contribution is -0.130. The van der Waals surface area contributed by atoms with Gasteiger partial charge in [0.1, 0.15) is 0 Å². The number of carbonyl (C=O) groups excluding carboxylic acids is 1. The predicted molar refractivity (Wildman–Crippen MR) is 94.8 cm³/mol. The molecule has 1 aromatic carbocycles. The van der Waals surface area contributed by atoms with Crippen molar-refractivity contribution < 1.29 is 4.79 Å². The average molecular weight is 327 g/mol. The van der Waals surface area contributed by atoms with Crippen LogP contribution in [-0.2, 0) is 4.79 Å². The van der Waals surface area contributed by atoms with E-state index in [1.165, 1.54) is 5.69 Å². The number of pyridine rings is 1. The molecule has 5 heteroatoms. The van der Waals surface area contributed by atoms with Crippen LogP contribution in [0, 0.1) is 0 Å². The third-order valence-corrected chi connectivity index (χ3v) is 5.08. The zero-order valence-corrected chi connectivity index (χ0v) is 14.1. The van der Waals surface area contributed by atoms with E-state index in [4.69, 9.17) is 0 Å². The van der Waals surface area contributed by atoms with Crippen molar-refractivity contribution in [1.82, 2.24) is 9.88 Å². The molecular weight excluding hydrogens is 306 g/mol. The molecule has 1 aliphatic heterocycles. The molecule has 1 amide bonds. The molecule has 3 rings (SSSR count). The zero-order valence-electron chi connectivity index (χ0n) is 13.3. The summed E-state index contributed by atoms with van der Waals surface area (Å²) in [6.07, 6.45) is 3.52. The van der Waals surface area contributed by atoms with Gasteiger partial charge in [-0.3, -0.25) is 9.78 Å². The molecule has 1 fully saturated rings. The first-order chi connectivity index (χ1) is 11.2. The Morgan fingerprint density at radius 2 is 1.91 bits per heavy atom. The van der Waals surface area contributed by atoms with Gasteiger partial charge in [0.15, 0.2) is 0 Å². The summed E-state index contributed by atoms with van der Waals surface area (Å²) >= 11 is 1.58. The van der Waals surface area contributed by atoms with Gasteiger partial charge in [0, 0.05) is 48.7 Å². The van der Waals surface area contributed by atoms with E-state index in [1.54, 1.807) is 24.2 Å². The molecule has 0 unspecified atom stereocenters. The van der Waals surface area contributed by atoms with Crippen LogP contribution >= 0.6 is 11.8 Å². The normalized spacial score (nSPS) is 18.0. The summed E-state index contributed by atoms with van der Waals surface area (Å²) in [6, 6.07) is 14.5. The molecule has 1 saturated heterocycles. The van der Waals surface area contributed by atoms with Crippen molar-refractivity contribution in [3.8, 4) is 0 Å². The van der Waals surface area contributed by atoms with Gasteiger partial charge in [0.05, 0.1) is 5.75 Å². The lowest BCUT2D eigenvalue weighted by atomic mass is 10.1. The van der Waals surface area contributed by atoms with Gasteiger partial charge in [-0.25, -0.2) is 0 Å². The minimum absolute atomic E-state index is 0.215. The third-order valence-electron chi connectivity index (χ3n) is 4.08. The highest BCUT2D eigenvalue weighted by Crippen LogP contribution is 2.21. The predicted octanol–water partition coefficient (Wildman–Crippen LogP) is 2.91. The molecule has 1 aliphatic rings. The minimum Gasteiger partial charge on any atom is -0.368 e. The molecule has 0 aliphatic carbocycles. The Hall–Kier alpha value is -2.01. The molecule has 2 aromatic rings. The van der Waals surface area contributed by atoms with Gasteiger partial charge in [0.25, 0.3) is 0 Å². The Bertz CT molecular complexity index is 635. The number of anilines is 1. The number of para-hydroxylation sites is 1. The van der Waals surface area contributed by atoms with E-state index in [2.05, 4.69) is 41.1 Å². The van der Waals surface area contributed by atoms with E-state index in [1.807, 2.05) is 23.1 Å². The first kappa shape index (κ1) is 15.9. The molecule has 4 nitrogen and oxygen atoms in total. The number of nitrogens with zero attached hydrogens (tertiary/aromatic N) is 3. The van der Waals surface area contributed by atoms with Crippen LogP contribution in [0.25, 0.3) is 0 Å². The third kappa shape index (κ3) is 4.05. The summed E-state index contributed by atoms with van der Waals surface area (Å²) in [5, 5.41) is 0. The molecule has 1 atom stereocenters. The van der Waals surface area contributed by atoms with E-state index in [-0.39, 0.29) is 11.9 Å². The Morgan fingerprint density at radius 1 is 1.17 bits per heavy atom. The molecular formula is C18H21N3OS. The van der Waals surface area contributed by atoms with Gasteiger partial charge in [0.2, 0.25) is 5.91 Å². The summed E-state index contributed by atoms with van der Waals surface area (Å²) in [5.74, 6) is 0.701. The maximum Gasteiger partial charge on any atom is 0.233 e. The fraction of sp³-hybridized carbons (Fsp3) is 0.333. The summed E-state index contributed by atoms with van der Waals surface area (Å²) in [7, 11) is 0. The first-order valence-electron chi connectivity index (χ1n) is 7.86. The minimum atomic E-state index is 0.215. The lowest BCUT2D eigenvalue weighted by Gasteiger charge is -2.41. The maximum atomic E-state index is 12.5. The summed E-state index contributed by atoms with van der Waals surface area (Å²) in [5.41, 5.74) is 1.23. The highest BCUT2D eigenvalue weighted by molar-refractivity contribution is 8.00. The van der Waals surface area contributed by atoms with E-state index >= 15 is 0 Å². The van der Waals surface area contributed by atoms with Crippen LogP contribution in [-0.4, -0.2) is 47.2 Å². The quantitative estimate of drug-likeness (QED) is 0.809. The summed E-state index contributed by atoms with van der Waals surface area (Å²) in [4.78, 5) is 21.9. The molecule has 0 saturated carbocycles. The fourth-order valence-electron chi connectivity index (χ4n) is 2.86. The second-order valence-electron chi connectivity index (χ2n) is 5.69. The molecule has 1 aromatic heterocycles. The number of aromatic nitrogens is 1. The highest BCUT2D eigenvalue weighted by Gasteiger charge is 2.27. The largest absolute Gasteiger partial charge is 0.368 e. The van der Waals surface area contributed by atoms with Crippen molar-refractivity contribution in [2.24, 2.45) is 0 Å². The van der Waals surface area contributed by atoms with Gasteiger partial charge >= 0.3 is 0 Å². The number of benzene rings is 1. The van der Waals surface area contributed by atoms with Crippen LogP contribution in [0.4, 0.5) is 5.69 Å². The van der Waals surface area contributed by atoms with Crippen LogP contribution in [0.15, 0.2) is 59.8 Å². The Labute approximate surface area is 141 Å². The van der Waals surface area contributed by atoms with Gasteiger partial charge in [-0.1, -0.05) is 18.2 Å². The van der Waals surface area contributed by atoms with Gasteiger partial charge in [-0.15, -0.1) is 11.8 Å². The average Bonchev–Trinajstić information content (AvgIpc) is 2.61. The number of piperazine rings is 1. The van der Waals surface area contributed by atoms with Crippen molar-refractivity contribution in [1.29, 1.82) is 0 Å².